The van der Waals surface area contributed by atoms with Crippen LogP contribution in [0.15, 0.2) is 36.5 Å². The van der Waals surface area contributed by atoms with Crippen LogP contribution in [0.4, 0.5) is 0 Å². The quantitative estimate of drug-likeness (QED) is 0.902. The lowest BCUT2D eigenvalue weighted by Crippen LogP contribution is -2.31. The highest BCUT2D eigenvalue weighted by molar-refractivity contribution is 6.99. The van der Waals surface area contributed by atoms with Gasteiger partial charge in [0.15, 0.2) is 5.69 Å². The number of likely N-dealkylation sites (tertiary alicyclic amines) is 1. The molecule has 1 fully saturated rings. The standard InChI is InChI=1S/C15H16N4O2S/c20-14-6-12(7-16-15(21)13-8-17-22-18-13)10-19(14)9-11-4-2-1-3-5-11/h1-5,8,12H,6-7,9-10H2,(H,16,21). The van der Waals surface area contributed by atoms with E-state index in [4.69, 9.17) is 0 Å². The van der Waals surface area contributed by atoms with Gasteiger partial charge in [-0.15, -0.1) is 0 Å². The Kier molecular flexibility index (Phi) is 4.43. The average molecular weight is 316 g/mol. The first-order valence-electron chi connectivity index (χ1n) is 7.10. The Hall–Kier alpha value is -2.28. The summed E-state index contributed by atoms with van der Waals surface area (Å²) in [7, 11) is 0. The summed E-state index contributed by atoms with van der Waals surface area (Å²) in [6, 6.07) is 9.92. The molecule has 0 radical (unpaired) electrons. The molecule has 6 nitrogen and oxygen atoms in total. The van der Waals surface area contributed by atoms with E-state index in [9.17, 15) is 9.59 Å². The zero-order valence-electron chi connectivity index (χ0n) is 11.9. The van der Waals surface area contributed by atoms with Crippen LogP contribution in [-0.2, 0) is 11.3 Å². The molecule has 3 rings (SSSR count). The molecule has 1 aliphatic heterocycles. The van der Waals surface area contributed by atoms with E-state index < -0.39 is 0 Å². The zero-order chi connectivity index (χ0) is 15.4. The minimum Gasteiger partial charge on any atom is -0.350 e. The van der Waals surface area contributed by atoms with Gasteiger partial charge in [0.25, 0.3) is 5.91 Å². The van der Waals surface area contributed by atoms with Gasteiger partial charge in [-0.25, -0.2) is 0 Å². The molecule has 1 atom stereocenters. The van der Waals surface area contributed by atoms with Crippen molar-refractivity contribution in [2.24, 2.45) is 5.92 Å². The Labute approximate surface area is 132 Å². The third-order valence-corrected chi connectivity index (χ3v) is 4.13. The third kappa shape index (κ3) is 3.48. The molecule has 0 saturated carbocycles. The summed E-state index contributed by atoms with van der Waals surface area (Å²) in [5.41, 5.74) is 1.45. The number of nitrogens with one attached hydrogen (secondary N) is 1. The van der Waals surface area contributed by atoms with Gasteiger partial charge in [-0.3, -0.25) is 9.59 Å². The average Bonchev–Trinajstić information content (AvgIpc) is 3.17. The molecule has 1 aromatic carbocycles. The third-order valence-electron chi connectivity index (χ3n) is 3.66. The van der Waals surface area contributed by atoms with E-state index in [1.807, 2.05) is 35.2 Å². The van der Waals surface area contributed by atoms with Gasteiger partial charge in [0.05, 0.1) is 17.9 Å². The molecule has 1 N–H and O–H groups in total. The van der Waals surface area contributed by atoms with Crippen molar-refractivity contribution in [2.45, 2.75) is 13.0 Å². The monoisotopic (exact) mass is 316 g/mol. The second kappa shape index (κ2) is 6.65. The number of amides is 2. The minimum atomic E-state index is -0.234. The molecule has 22 heavy (non-hydrogen) atoms. The van der Waals surface area contributed by atoms with Crippen LogP contribution in [-0.4, -0.2) is 38.6 Å². The van der Waals surface area contributed by atoms with E-state index in [1.165, 1.54) is 6.20 Å². The molecule has 1 saturated heterocycles. The summed E-state index contributed by atoms with van der Waals surface area (Å²) >= 11 is 1.00. The first-order chi connectivity index (χ1) is 10.7. The number of aromatic nitrogens is 2. The van der Waals surface area contributed by atoms with Crippen LogP contribution >= 0.6 is 11.7 Å². The Bertz CT molecular complexity index is 645. The van der Waals surface area contributed by atoms with Gasteiger partial charge in [-0.2, -0.15) is 8.75 Å². The fourth-order valence-electron chi connectivity index (χ4n) is 2.54. The van der Waals surface area contributed by atoms with E-state index in [1.54, 1.807) is 0 Å². The van der Waals surface area contributed by atoms with Crippen molar-refractivity contribution in [2.75, 3.05) is 13.1 Å². The van der Waals surface area contributed by atoms with Crippen LogP contribution in [0.25, 0.3) is 0 Å². The molecule has 1 aliphatic rings. The van der Waals surface area contributed by atoms with Gasteiger partial charge in [-0.05, 0) is 5.56 Å². The number of nitrogens with zero attached hydrogens (tertiary/aromatic N) is 3. The number of hydrogen-bond donors (Lipinski definition) is 1. The van der Waals surface area contributed by atoms with E-state index in [2.05, 4.69) is 14.1 Å². The Balaban J connectivity index is 1.50. The van der Waals surface area contributed by atoms with Crippen LogP contribution in [0.1, 0.15) is 22.5 Å². The fourth-order valence-corrected chi connectivity index (χ4v) is 2.95. The van der Waals surface area contributed by atoms with Gasteiger partial charge >= 0.3 is 0 Å². The number of carbonyl (C=O) groups excluding carboxylic acids is 2. The summed E-state index contributed by atoms with van der Waals surface area (Å²) in [5.74, 6) is 0.0490. The molecule has 2 heterocycles. The summed E-state index contributed by atoms with van der Waals surface area (Å²) in [4.78, 5) is 25.7. The van der Waals surface area contributed by atoms with Gasteiger partial charge in [0, 0.05) is 32.0 Å². The van der Waals surface area contributed by atoms with Gasteiger partial charge < -0.3 is 10.2 Å². The molecule has 1 unspecified atom stereocenters. The summed E-state index contributed by atoms with van der Waals surface area (Å²) in [6.07, 6.45) is 1.92. The summed E-state index contributed by atoms with van der Waals surface area (Å²) in [5, 5.41) is 2.82. The zero-order valence-corrected chi connectivity index (χ0v) is 12.8. The summed E-state index contributed by atoms with van der Waals surface area (Å²) in [6.45, 7) is 1.77. The van der Waals surface area contributed by atoms with Crippen molar-refractivity contribution in [3.05, 3.63) is 47.8 Å². The molecule has 7 heteroatoms. The Morgan fingerprint density at radius 1 is 1.36 bits per heavy atom. The molecule has 0 aliphatic carbocycles. The Morgan fingerprint density at radius 2 is 2.18 bits per heavy atom. The van der Waals surface area contributed by atoms with Crippen LogP contribution in [0, 0.1) is 5.92 Å². The topological polar surface area (TPSA) is 75.2 Å². The molecule has 2 aromatic rings. The van der Waals surface area contributed by atoms with E-state index in [-0.39, 0.29) is 17.7 Å². The van der Waals surface area contributed by atoms with Crippen LogP contribution in [0.2, 0.25) is 0 Å². The lowest BCUT2D eigenvalue weighted by molar-refractivity contribution is -0.128. The number of rotatable bonds is 5. The van der Waals surface area contributed by atoms with Crippen molar-refractivity contribution in [1.82, 2.24) is 19.0 Å². The minimum absolute atomic E-state index is 0.137. The van der Waals surface area contributed by atoms with E-state index in [0.717, 1.165) is 17.3 Å². The lowest BCUT2D eigenvalue weighted by Gasteiger charge is -2.16. The van der Waals surface area contributed by atoms with Crippen molar-refractivity contribution < 1.29 is 9.59 Å². The normalized spacial score (nSPS) is 17.7. The van der Waals surface area contributed by atoms with E-state index in [0.29, 0.717) is 31.7 Å². The van der Waals surface area contributed by atoms with Gasteiger partial charge in [0.2, 0.25) is 5.91 Å². The molecular formula is C15H16N4O2S. The van der Waals surface area contributed by atoms with Crippen molar-refractivity contribution in [3.63, 3.8) is 0 Å². The maximum absolute atomic E-state index is 12.1. The number of carbonyl (C=O) groups is 2. The largest absolute Gasteiger partial charge is 0.350 e. The van der Waals surface area contributed by atoms with Crippen molar-refractivity contribution in [1.29, 1.82) is 0 Å². The molecule has 0 spiro atoms. The maximum atomic E-state index is 12.1. The molecule has 2 amide bonds. The predicted molar refractivity (Wildman–Crippen MR) is 82.2 cm³/mol. The highest BCUT2D eigenvalue weighted by Crippen LogP contribution is 2.19. The molecular weight excluding hydrogens is 300 g/mol. The second-order valence-electron chi connectivity index (χ2n) is 5.33. The van der Waals surface area contributed by atoms with Gasteiger partial charge in [-0.1, -0.05) is 30.3 Å². The smallest absolute Gasteiger partial charge is 0.272 e. The number of benzene rings is 1. The molecule has 0 bridgehead atoms. The number of hydrogen-bond acceptors (Lipinski definition) is 5. The highest BCUT2D eigenvalue weighted by Gasteiger charge is 2.29. The summed E-state index contributed by atoms with van der Waals surface area (Å²) < 4.78 is 7.69. The van der Waals surface area contributed by atoms with Crippen molar-refractivity contribution >= 4 is 23.5 Å². The maximum Gasteiger partial charge on any atom is 0.272 e. The predicted octanol–water partition coefficient (Wildman–Crippen LogP) is 1.32. The second-order valence-corrected chi connectivity index (χ2v) is 5.89. The van der Waals surface area contributed by atoms with Crippen LogP contribution in [0.5, 0.6) is 0 Å². The van der Waals surface area contributed by atoms with Crippen LogP contribution in [0.3, 0.4) is 0 Å². The van der Waals surface area contributed by atoms with Gasteiger partial charge in [0.1, 0.15) is 0 Å². The van der Waals surface area contributed by atoms with E-state index >= 15 is 0 Å². The molecule has 114 valence electrons. The highest BCUT2D eigenvalue weighted by atomic mass is 32.1. The SMILES string of the molecule is O=C(NCC1CC(=O)N(Cc2ccccc2)C1)c1cnsn1. The van der Waals surface area contributed by atoms with Crippen LogP contribution < -0.4 is 5.32 Å². The fraction of sp³-hybridized carbons (Fsp3) is 0.333. The first-order valence-corrected chi connectivity index (χ1v) is 7.83. The molecule has 1 aromatic heterocycles. The lowest BCUT2D eigenvalue weighted by atomic mass is 10.1. The first kappa shape index (κ1) is 14.6. The Morgan fingerprint density at radius 3 is 2.91 bits per heavy atom. The van der Waals surface area contributed by atoms with Crippen molar-refractivity contribution in [3.8, 4) is 0 Å².